The molecule has 3 aromatic carbocycles. The molecule has 0 aromatic heterocycles. The van der Waals surface area contributed by atoms with E-state index >= 15 is 0 Å². The van der Waals surface area contributed by atoms with Crippen LogP contribution in [0.5, 0.6) is 0 Å². The second-order valence-electron chi connectivity index (χ2n) is 7.99. The molecule has 0 heterocycles. The summed E-state index contributed by atoms with van der Waals surface area (Å²) in [5, 5.41) is 0. The quantitative estimate of drug-likeness (QED) is 0.278. The Morgan fingerprint density at radius 1 is 0.706 bits per heavy atom. The van der Waals surface area contributed by atoms with Crippen LogP contribution in [0.2, 0.25) is 0 Å². The van der Waals surface area contributed by atoms with Crippen LogP contribution in [0.15, 0.2) is 78.9 Å². The lowest BCUT2D eigenvalue weighted by atomic mass is 9.74. The summed E-state index contributed by atoms with van der Waals surface area (Å²) >= 11 is 0. The number of hydrogen-bond acceptors (Lipinski definition) is 5. The van der Waals surface area contributed by atoms with Gasteiger partial charge in [0.25, 0.3) is 0 Å². The number of esters is 2. The molecule has 34 heavy (non-hydrogen) atoms. The Bertz CT molecular complexity index is 1250. The summed E-state index contributed by atoms with van der Waals surface area (Å²) in [5.74, 6) is -1.38. The average Bonchev–Trinajstić information content (AvgIpc) is 3.17. The lowest BCUT2D eigenvalue weighted by Crippen LogP contribution is -2.46. The van der Waals surface area contributed by atoms with Crippen molar-refractivity contribution in [2.75, 3.05) is 13.2 Å². The van der Waals surface area contributed by atoms with Gasteiger partial charge in [-0.05, 0) is 48.6 Å². The molecule has 5 nitrogen and oxygen atoms in total. The van der Waals surface area contributed by atoms with Gasteiger partial charge in [-0.25, -0.2) is 0 Å². The number of ketones is 1. The lowest BCUT2D eigenvalue weighted by molar-refractivity contribution is -0.161. The Morgan fingerprint density at radius 2 is 1.26 bits per heavy atom. The summed E-state index contributed by atoms with van der Waals surface area (Å²) in [6.07, 6.45) is 0. The minimum Gasteiger partial charge on any atom is -0.465 e. The minimum atomic E-state index is -1.78. The third-order valence-electron chi connectivity index (χ3n) is 6.03. The molecule has 1 aliphatic carbocycles. The van der Waals surface area contributed by atoms with E-state index in [9.17, 15) is 14.4 Å². The maximum Gasteiger partial charge on any atom is 0.332 e. The van der Waals surface area contributed by atoms with Crippen molar-refractivity contribution in [2.24, 2.45) is 0 Å². The highest BCUT2D eigenvalue weighted by Gasteiger charge is 2.59. The number of rotatable bonds is 7. The van der Waals surface area contributed by atoms with Crippen LogP contribution in [0.25, 0.3) is 11.1 Å². The zero-order valence-electron chi connectivity index (χ0n) is 19.5. The molecule has 0 saturated carbocycles. The van der Waals surface area contributed by atoms with Gasteiger partial charge in [0.1, 0.15) is 0 Å². The predicted octanol–water partition coefficient (Wildman–Crippen LogP) is 5.23. The van der Waals surface area contributed by atoms with Crippen molar-refractivity contribution >= 4 is 28.9 Å². The standard InChI is InChI=1S/C29H26O5/c1-4-33-27(31)29(28(32)34-5-2)24-14-10-9-13-23(24)25(26(29)22-11-7-6-8-12-22)21-17-15-20(16-18-21)19(3)30/h6-18H,4-5H2,1-3H3. The zero-order valence-corrected chi connectivity index (χ0v) is 19.5. The Balaban J connectivity index is 2.14. The van der Waals surface area contributed by atoms with E-state index in [4.69, 9.17) is 9.47 Å². The number of ether oxygens (including phenoxy) is 2. The van der Waals surface area contributed by atoms with Crippen LogP contribution >= 0.6 is 0 Å². The summed E-state index contributed by atoms with van der Waals surface area (Å²) in [6, 6.07) is 23.9. The predicted molar refractivity (Wildman–Crippen MR) is 130 cm³/mol. The smallest absolute Gasteiger partial charge is 0.332 e. The first kappa shape index (κ1) is 23.2. The molecule has 1 aliphatic rings. The minimum absolute atomic E-state index is 0.0389. The number of benzene rings is 3. The number of Topliss-reactive ketones (excluding diaryl/α,β-unsaturated/α-hetero) is 1. The molecule has 4 rings (SSSR count). The van der Waals surface area contributed by atoms with Crippen molar-refractivity contribution in [3.05, 3.63) is 107 Å². The average molecular weight is 455 g/mol. The Hall–Kier alpha value is -3.99. The third kappa shape index (κ3) is 3.63. The molecule has 0 atom stereocenters. The van der Waals surface area contributed by atoms with E-state index in [2.05, 4.69) is 0 Å². The normalized spacial score (nSPS) is 13.9. The van der Waals surface area contributed by atoms with Crippen LogP contribution in [-0.4, -0.2) is 30.9 Å². The van der Waals surface area contributed by atoms with E-state index in [0.717, 1.165) is 16.7 Å². The van der Waals surface area contributed by atoms with Gasteiger partial charge in [-0.3, -0.25) is 14.4 Å². The van der Waals surface area contributed by atoms with Gasteiger partial charge < -0.3 is 9.47 Å². The highest BCUT2D eigenvalue weighted by atomic mass is 16.6. The monoisotopic (exact) mass is 454 g/mol. The van der Waals surface area contributed by atoms with E-state index < -0.39 is 17.4 Å². The van der Waals surface area contributed by atoms with Gasteiger partial charge in [0.05, 0.1) is 13.2 Å². The Kier molecular flexibility index (Phi) is 6.46. The summed E-state index contributed by atoms with van der Waals surface area (Å²) in [6.45, 7) is 5.18. The van der Waals surface area contributed by atoms with Crippen molar-refractivity contribution in [1.82, 2.24) is 0 Å². The molecule has 0 saturated heterocycles. The van der Waals surface area contributed by atoms with E-state index in [1.54, 1.807) is 38.1 Å². The highest BCUT2D eigenvalue weighted by molar-refractivity contribution is 6.27. The molecule has 0 amide bonds. The van der Waals surface area contributed by atoms with Crippen LogP contribution in [0, 0.1) is 0 Å². The van der Waals surface area contributed by atoms with Gasteiger partial charge in [0, 0.05) is 11.1 Å². The first-order chi connectivity index (χ1) is 16.5. The van der Waals surface area contributed by atoms with Crippen LogP contribution < -0.4 is 0 Å². The van der Waals surface area contributed by atoms with Crippen molar-refractivity contribution in [3.8, 4) is 0 Å². The van der Waals surface area contributed by atoms with Gasteiger partial charge in [-0.2, -0.15) is 0 Å². The highest BCUT2D eigenvalue weighted by Crippen LogP contribution is 2.54. The fourth-order valence-electron chi connectivity index (χ4n) is 4.61. The van der Waals surface area contributed by atoms with Gasteiger partial charge >= 0.3 is 11.9 Å². The van der Waals surface area contributed by atoms with E-state index in [-0.39, 0.29) is 19.0 Å². The van der Waals surface area contributed by atoms with E-state index in [0.29, 0.717) is 22.3 Å². The number of hydrogen-bond donors (Lipinski definition) is 0. The van der Waals surface area contributed by atoms with E-state index in [1.807, 2.05) is 54.6 Å². The molecule has 0 unspecified atom stereocenters. The number of carbonyl (C=O) groups is 3. The first-order valence-electron chi connectivity index (χ1n) is 11.3. The fourth-order valence-corrected chi connectivity index (χ4v) is 4.61. The van der Waals surface area contributed by atoms with Crippen molar-refractivity contribution in [1.29, 1.82) is 0 Å². The topological polar surface area (TPSA) is 69.7 Å². The van der Waals surface area contributed by atoms with Crippen molar-refractivity contribution in [2.45, 2.75) is 26.2 Å². The second kappa shape index (κ2) is 9.48. The SMILES string of the molecule is CCOC(=O)C1(C(=O)OCC)C(c2ccccc2)=C(c2ccc(C(C)=O)cc2)c2ccccc21. The van der Waals surface area contributed by atoms with Gasteiger partial charge in [0.2, 0.25) is 5.41 Å². The summed E-state index contributed by atoms with van der Waals surface area (Å²) in [5.41, 5.74) is 2.82. The van der Waals surface area contributed by atoms with Gasteiger partial charge in [0.15, 0.2) is 5.78 Å². The third-order valence-corrected chi connectivity index (χ3v) is 6.03. The van der Waals surface area contributed by atoms with E-state index in [1.165, 1.54) is 6.92 Å². The van der Waals surface area contributed by atoms with Crippen molar-refractivity contribution < 1.29 is 23.9 Å². The summed E-state index contributed by atoms with van der Waals surface area (Å²) < 4.78 is 11.0. The molecule has 0 bridgehead atoms. The maximum absolute atomic E-state index is 13.7. The summed E-state index contributed by atoms with van der Waals surface area (Å²) in [4.78, 5) is 39.4. The largest absolute Gasteiger partial charge is 0.465 e. The molecule has 3 aromatic rings. The second-order valence-corrected chi connectivity index (χ2v) is 7.99. The maximum atomic E-state index is 13.7. The molecule has 0 radical (unpaired) electrons. The van der Waals surface area contributed by atoms with Crippen molar-refractivity contribution in [3.63, 3.8) is 0 Å². The van der Waals surface area contributed by atoms with Crippen LogP contribution in [0.1, 0.15) is 53.4 Å². The molecular weight excluding hydrogens is 428 g/mol. The molecular formula is C29H26O5. The fraction of sp³-hybridized carbons (Fsp3) is 0.207. The number of fused-ring (bicyclic) bond motifs is 1. The molecule has 0 fully saturated rings. The summed E-state index contributed by atoms with van der Waals surface area (Å²) in [7, 11) is 0. The van der Waals surface area contributed by atoms with Crippen LogP contribution in [0.4, 0.5) is 0 Å². The van der Waals surface area contributed by atoms with Crippen LogP contribution in [0.3, 0.4) is 0 Å². The van der Waals surface area contributed by atoms with Gasteiger partial charge in [-0.1, -0.05) is 78.9 Å². The molecule has 5 heteroatoms. The molecule has 0 aliphatic heterocycles. The van der Waals surface area contributed by atoms with Crippen LogP contribution in [-0.2, 0) is 24.5 Å². The zero-order chi connectivity index (χ0) is 24.3. The number of carbonyl (C=O) groups excluding carboxylic acids is 3. The lowest BCUT2D eigenvalue weighted by Gasteiger charge is -2.29. The molecule has 0 N–H and O–H groups in total. The first-order valence-corrected chi connectivity index (χ1v) is 11.3. The molecule has 172 valence electrons. The Labute approximate surface area is 199 Å². The Morgan fingerprint density at radius 3 is 1.82 bits per heavy atom. The van der Waals surface area contributed by atoms with Gasteiger partial charge in [-0.15, -0.1) is 0 Å². The molecule has 0 spiro atoms.